The fourth-order valence-corrected chi connectivity index (χ4v) is 10.1. The number of hydrogen-bond donors (Lipinski definition) is 3. The molecule has 318 valence electrons. The lowest BCUT2D eigenvalue weighted by molar-refractivity contribution is -0.139. The number of anilines is 1. The third-order valence-corrected chi connectivity index (χ3v) is 14.2. The molecule has 2 aromatic carbocycles. The Kier molecular flexibility index (Phi) is 11.6. The Labute approximate surface area is 369 Å². The van der Waals surface area contributed by atoms with Crippen LogP contribution in [0.25, 0.3) is 33.5 Å². The summed E-state index contributed by atoms with van der Waals surface area (Å²) in [6.45, 7) is 9.45. The number of fused-ring (bicyclic) bond motifs is 1. The quantitative estimate of drug-likeness (QED) is 0.0907. The molecule has 0 bridgehead atoms. The normalized spacial score (nSPS) is 21.4. The van der Waals surface area contributed by atoms with Gasteiger partial charge in [-0.25, -0.2) is 18.4 Å². The number of methoxy groups -OCH3 is 1. The molecule has 0 spiro atoms. The number of thiazole rings is 1. The summed E-state index contributed by atoms with van der Waals surface area (Å²) < 4.78 is 45.2. The van der Waals surface area contributed by atoms with E-state index in [-0.39, 0.29) is 25.3 Å². The maximum Gasteiger partial charge on any atom is 0.259 e. The van der Waals surface area contributed by atoms with Gasteiger partial charge in [-0.1, -0.05) is 52.6 Å². The molecule has 4 heterocycles. The third kappa shape index (κ3) is 8.53. The van der Waals surface area contributed by atoms with Crippen molar-refractivity contribution in [1.29, 1.82) is 0 Å². The topological polar surface area (TPSA) is 195 Å². The van der Waals surface area contributed by atoms with Crippen molar-refractivity contribution in [2.75, 3.05) is 19.0 Å². The summed E-state index contributed by atoms with van der Waals surface area (Å²) in [5.41, 5.74) is 0.355. The number of benzene rings is 2. The van der Waals surface area contributed by atoms with Crippen LogP contribution in [0.15, 0.2) is 83.4 Å². The maximum absolute atomic E-state index is 14.7. The molecule has 1 aliphatic heterocycles. The maximum atomic E-state index is 14.7. The van der Waals surface area contributed by atoms with Gasteiger partial charge in [0, 0.05) is 50.2 Å². The van der Waals surface area contributed by atoms with Gasteiger partial charge in [0.15, 0.2) is 10.9 Å². The number of sulfonamides is 1. The zero-order valence-electron chi connectivity index (χ0n) is 32.6. The van der Waals surface area contributed by atoms with Crippen LogP contribution in [0.4, 0.5) is 5.13 Å². The average molecular weight is 927 g/mol. The van der Waals surface area contributed by atoms with E-state index in [9.17, 15) is 22.8 Å². The van der Waals surface area contributed by atoms with Crippen molar-refractivity contribution in [2.45, 2.75) is 61.6 Å². The van der Waals surface area contributed by atoms with Crippen molar-refractivity contribution in [3.8, 4) is 34.3 Å². The van der Waals surface area contributed by atoms with Crippen LogP contribution >= 0.6 is 46.1 Å². The summed E-state index contributed by atoms with van der Waals surface area (Å²) in [7, 11) is -2.41. The van der Waals surface area contributed by atoms with Gasteiger partial charge in [0.2, 0.25) is 27.7 Å². The fraction of sp³-hybridized carbons (Fsp3) is 0.317. The Morgan fingerprint density at radius 2 is 1.84 bits per heavy atom. The first kappa shape index (κ1) is 42.5. The third-order valence-electron chi connectivity index (χ3n) is 10.9. The van der Waals surface area contributed by atoms with Gasteiger partial charge in [-0.15, -0.1) is 17.9 Å². The standard InChI is InChI=1S/C41H38Cl3N7O8S2/c1-5-21-16-41(21,39(54)50-61(55,56)25-8-9-25)48-36(52)32-14-24(58-37-28-12-22(42)6-10-26(28)34(57-4)17-45-37)18-51(32)38(53)35(20(2)3)47-40-46-31(19-60-40)33-15-30(49-59-33)27-11-7-23(43)13-29(27)44/h5-7,10-13,15,17,19,21,24-25,32,35H,1-2,8-9,14,16,18H2,3-4H3,(H,46,47)(H,48,52)(H,50,54)/t21-,24-,32+,35+,41-/m1/s1. The molecule has 2 saturated carbocycles. The number of amides is 3. The van der Waals surface area contributed by atoms with E-state index >= 15 is 0 Å². The number of ether oxygens (including phenoxy) is 2. The molecule has 15 nitrogen and oxygen atoms in total. The van der Waals surface area contributed by atoms with Crippen molar-refractivity contribution >= 4 is 89.8 Å². The van der Waals surface area contributed by atoms with Crippen LogP contribution in [0.2, 0.25) is 15.1 Å². The van der Waals surface area contributed by atoms with Gasteiger partial charge in [0.25, 0.3) is 5.91 Å². The van der Waals surface area contributed by atoms with Crippen molar-refractivity contribution < 1.29 is 36.8 Å². The molecule has 3 aliphatic rings. The molecule has 2 aliphatic carbocycles. The van der Waals surface area contributed by atoms with Crippen molar-refractivity contribution in [3.05, 3.63) is 93.9 Å². The zero-order chi connectivity index (χ0) is 43.4. The van der Waals surface area contributed by atoms with E-state index in [1.807, 2.05) is 0 Å². The van der Waals surface area contributed by atoms with Gasteiger partial charge in [-0.2, -0.15) is 0 Å². The summed E-state index contributed by atoms with van der Waals surface area (Å²) in [5.74, 6) is -1.58. The molecule has 3 aromatic heterocycles. The molecule has 8 rings (SSSR count). The first-order valence-corrected chi connectivity index (χ1v) is 22.6. The number of pyridine rings is 1. The number of carbonyl (C=O) groups is 3. The van der Waals surface area contributed by atoms with Crippen LogP contribution in [0.5, 0.6) is 11.6 Å². The van der Waals surface area contributed by atoms with E-state index in [0.717, 1.165) is 0 Å². The van der Waals surface area contributed by atoms with Crippen LogP contribution < -0.4 is 24.8 Å². The summed E-state index contributed by atoms with van der Waals surface area (Å²) in [4.78, 5) is 53.2. The molecule has 0 radical (unpaired) electrons. The van der Waals surface area contributed by atoms with E-state index in [4.69, 9.17) is 48.8 Å². The predicted molar refractivity (Wildman–Crippen MR) is 232 cm³/mol. The van der Waals surface area contributed by atoms with Crippen molar-refractivity contribution in [2.24, 2.45) is 5.92 Å². The molecule has 5 atom stereocenters. The highest BCUT2D eigenvalue weighted by atomic mass is 35.5. The van der Waals surface area contributed by atoms with E-state index < -0.39 is 62.6 Å². The Morgan fingerprint density at radius 1 is 1.08 bits per heavy atom. The molecular formula is C41H38Cl3N7O8S2. The largest absolute Gasteiger partial charge is 0.494 e. The first-order valence-electron chi connectivity index (χ1n) is 19.0. The molecule has 3 fully saturated rings. The number of hydrogen-bond acceptors (Lipinski definition) is 13. The van der Waals surface area contributed by atoms with Gasteiger partial charge in [0.1, 0.15) is 40.9 Å². The molecule has 1 saturated heterocycles. The second-order valence-corrected chi connectivity index (χ2v) is 19.2. The minimum absolute atomic E-state index is 0.0139. The molecular weight excluding hydrogens is 889 g/mol. The van der Waals surface area contributed by atoms with Gasteiger partial charge in [0.05, 0.1) is 30.1 Å². The van der Waals surface area contributed by atoms with Crippen LogP contribution in [-0.2, 0) is 24.4 Å². The Hall–Kier alpha value is -5.20. The van der Waals surface area contributed by atoms with Crippen molar-refractivity contribution in [1.82, 2.24) is 30.1 Å². The van der Waals surface area contributed by atoms with Gasteiger partial charge >= 0.3 is 0 Å². The monoisotopic (exact) mass is 925 g/mol. The number of nitrogens with zero attached hydrogens (tertiary/aromatic N) is 4. The Bertz CT molecular complexity index is 2720. The van der Waals surface area contributed by atoms with Gasteiger partial charge in [-0.05, 0) is 68.2 Å². The number of likely N-dealkylation sites (tertiary alicyclic amines) is 1. The molecule has 3 N–H and O–H groups in total. The second kappa shape index (κ2) is 16.6. The van der Waals surface area contributed by atoms with E-state index in [0.29, 0.717) is 77.8 Å². The number of aromatic nitrogens is 3. The van der Waals surface area contributed by atoms with Crippen LogP contribution in [-0.4, -0.2) is 88.8 Å². The Morgan fingerprint density at radius 3 is 2.52 bits per heavy atom. The number of halogens is 3. The van der Waals surface area contributed by atoms with Gasteiger partial charge < -0.3 is 29.5 Å². The summed E-state index contributed by atoms with van der Waals surface area (Å²) in [6, 6.07) is 9.61. The van der Waals surface area contributed by atoms with Gasteiger partial charge in [-0.3, -0.25) is 19.1 Å². The lowest BCUT2D eigenvalue weighted by Crippen LogP contribution is -2.57. The van der Waals surface area contributed by atoms with Crippen molar-refractivity contribution in [3.63, 3.8) is 0 Å². The minimum Gasteiger partial charge on any atom is -0.494 e. The van der Waals surface area contributed by atoms with E-state index in [1.54, 1.807) is 54.8 Å². The summed E-state index contributed by atoms with van der Waals surface area (Å²) in [6.07, 6.45) is 3.22. The second-order valence-electron chi connectivity index (χ2n) is 15.1. The SMILES string of the molecule is C=C[C@@H]1C[C@]1(NC(=O)[C@@H]1C[C@@H](Oc2ncc(OC)c3ccc(Cl)cc23)CN1C(=O)[C@@H](Nc1nc(-c2cc(-c3ccc(Cl)cc3Cl)no2)cs1)C(=C)C)C(=O)NS(=O)(=O)C1CC1. The zero-order valence-corrected chi connectivity index (χ0v) is 36.5. The molecule has 3 amide bonds. The molecule has 0 unspecified atom stereocenters. The lowest BCUT2D eigenvalue weighted by Gasteiger charge is -2.30. The molecule has 61 heavy (non-hydrogen) atoms. The predicted octanol–water partition coefficient (Wildman–Crippen LogP) is 7.06. The number of rotatable bonds is 15. The molecule has 20 heteroatoms. The number of carbonyl (C=O) groups excluding carboxylic acids is 3. The summed E-state index contributed by atoms with van der Waals surface area (Å²) in [5, 5.41) is 14.0. The molecule has 5 aromatic rings. The first-order chi connectivity index (χ1) is 29.1. The smallest absolute Gasteiger partial charge is 0.259 e. The van der Waals surface area contributed by atoms with Crippen LogP contribution in [0, 0.1) is 5.92 Å². The summed E-state index contributed by atoms with van der Waals surface area (Å²) >= 11 is 20.0. The Balaban J connectivity index is 1.06. The number of nitrogens with one attached hydrogen (secondary N) is 3. The fourth-order valence-electron chi connectivity index (χ4n) is 7.33. The van der Waals surface area contributed by atoms with E-state index in [2.05, 4.69) is 43.6 Å². The highest BCUT2D eigenvalue weighted by molar-refractivity contribution is 7.91. The minimum atomic E-state index is -3.93. The van der Waals surface area contributed by atoms with E-state index in [1.165, 1.54) is 35.6 Å². The highest BCUT2D eigenvalue weighted by Gasteiger charge is 2.62. The van der Waals surface area contributed by atoms with Crippen LogP contribution in [0.1, 0.15) is 32.6 Å². The lowest BCUT2D eigenvalue weighted by atomic mass is 10.1. The van der Waals surface area contributed by atoms with Crippen LogP contribution in [0.3, 0.4) is 0 Å². The average Bonchev–Trinajstić information content (AvgIpc) is 4.02. The highest BCUT2D eigenvalue weighted by Crippen LogP contribution is 2.46.